The summed E-state index contributed by atoms with van der Waals surface area (Å²) in [4.78, 5) is 12.2. The maximum atomic E-state index is 12.2. The van der Waals surface area contributed by atoms with Crippen LogP contribution in [0, 0.1) is 0 Å². The molecule has 1 atom stereocenters. The number of para-hydroxylation sites is 1. The van der Waals surface area contributed by atoms with Crippen molar-refractivity contribution < 1.29 is 9.53 Å². The standard InChI is InChI=1S/C16H23BrN2O2/c1-11(16(20)19-13-7-3-4-8-13)21-15-12(10-18-2)6-5-9-14(15)17/h5-6,9,11,13,18H,3-4,7-8,10H2,1-2H3,(H,19,20). The molecule has 1 saturated carbocycles. The molecule has 116 valence electrons. The summed E-state index contributed by atoms with van der Waals surface area (Å²) < 4.78 is 6.77. The molecule has 0 aliphatic heterocycles. The van der Waals surface area contributed by atoms with E-state index in [4.69, 9.17) is 4.74 Å². The van der Waals surface area contributed by atoms with E-state index in [-0.39, 0.29) is 5.91 Å². The Morgan fingerprint density at radius 2 is 2.14 bits per heavy atom. The zero-order chi connectivity index (χ0) is 15.2. The van der Waals surface area contributed by atoms with Gasteiger partial charge in [0.1, 0.15) is 5.75 Å². The van der Waals surface area contributed by atoms with Crippen LogP contribution in [0.2, 0.25) is 0 Å². The minimum atomic E-state index is -0.500. The van der Waals surface area contributed by atoms with Crippen LogP contribution in [-0.2, 0) is 11.3 Å². The summed E-state index contributed by atoms with van der Waals surface area (Å²) >= 11 is 3.50. The van der Waals surface area contributed by atoms with Crippen LogP contribution in [0.3, 0.4) is 0 Å². The Bertz CT molecular complexity index is 487. The second-order valence-corrected chi connectivity index (χ2v) is 6.36. The molecule has 2 rings (SSSR count). The van der Waals surface area contributed by atoms with Crippen LogP contribution in [-0.4, -0.2) is 25.1 Å². The molecule has 1 unspecified atom stereocenters. The maximum Gasteiger partial charge on any atom is 0.260 e. The van der Waals surface area contributed by atoms with E-state index >= 15 is 0 Å². The van der Waals surface area contributed by atoms with Crippen LogP contribution < -0.4 is 15.4 Å². The number of rotatable bonds is 6. The summed E-state index contributed by atoms with van der Waals surface area (Å²) in [6, 6.07) is 6.21. The molecule has 5 heteroatoms. The predicted molar refractivity (Wildman–Crippen MR) is 87.4 cm³/mol. The Hall–Kier alpha value is -1.07. The first-order chi connectivity index (χ1) is 10.1. The van der Waals surface area contributed by atoms with Crippen LogP contribution in [0.1, 0.15) is 38.2 Å². The van der Waals surface area contributed by atoms with Gasteiger partial charge in [-0.2, -0.15) is 0 Å². The van der Waals surface area contributed by atoms with Gasteiger partial charge in [-0.15, -0.1) is 0 Å². The molecule has 1 aromatic carbocycles. The fourth-order valence-electron chi connectivity index (χ4n) is 2.63. The van der Waals surface area contributed by atoms with Crippen molar-refractivity contribution in [2.45, 2.75) is 51.3 Å². The Kier molecular flexibility index (Phi) is 6.06. The zero-order valence-corrected chi connectivity index (χ0v) is 14.2. The lowest BCUT2D eigenvalue weighted by atomic mass is 10.2. The number of carbonyl (C=O) groups is 1. The number of benzene rings is 1. The molecule has 1 fully saturated rings. The first-order valence-corrected chi connectivity index (χ1v) is 8.30. The molecule has 4 nitrogen and oxygen atoms in total. The Labute approximate surface area is 134 Å². The second-order valence-electron chi connectivity index (χ2n) is 5.51. The fraction of sp³-hybridized carbons (Fsp3) is 0.562. The average Bonchev–Trinajstić information content (AvgIpc) is 2.95. The van der Waals surface area contributed by atoms with E-state index in [9.17, 15) is 4.79 Å². The topological polar surface area (TPSA) is 50.4 Å². The predicted octanol–water partition coefficient (Wildman–Crippen LogP) is 2.99. The van der Waals surface area contributed by atoms with Gasteiger partial charge in [-0.05, 0) is 48.8 Å². The SMILES string of the molecule is CNCc1cccc(Br)c1OC(C)C(=O)NC1CCCC1. The molecule has 2 N–H and O–H groups in total. The van der Waals surface area contributed by atoms with Gasteiger partial charge in [-0.3, -0.25) is 4.79 Å². The molecule has 1 aliphatic carbocycles. The van der Waals surface area contributed by atoms with Crippen molar-refractivity contribution in [1.82, 2.24) is 10.6 Å². The summed E-state index contributed by atoms with van der Waals surface area (Å²) in [7, 11) is 1.89. The molecule has 21 heavy (non-hydrogen) atoms. The average molecular weight is 355 g/mol. The normalized spacial score (nSPS) is 16.7. The Morgan fingerprint density at radius 1 is 1.43 bits per heavy atom. The van der Waals surface area contributed by atoms with Crippen molar-refractivity contribution in [3.8, 4) is 5.75 Å². The highest BCUT2D eigenvalue weighted by Crippen LogP contribution is 2.30. The zero-order valence-electron chi connectivity index (χ0n) is 12.6. The first-order valence-electron chi connectivity index (χ1n) is 7.51. The van der Waals surface area contributed by atoms with E-state index in [2.05, 4.69) is 26.6 Å². The number of carbonyl (C=O) groups excluding carboxylic acids is 1. The van der Waals surface area contributed by atoms with Crippen molar-refractivity contribution in [1.29, 1.82) is 0 Å². The summed E-state index contributed by atoms with van der Waals surface area (Å²) in [5.41, 5.74) is 1.03. The van der Waals surface area contributed by atoms with Crippen LogP contribution >= 0.6 is 15.9 Å². The van der Waals surface area contributed by atoms with Gasteiger partial charge in [0.25, 0.3) is 5.91 Å². The third kappa shape index (κ3) is 4.45. The lowest BCUT2D eigenvalue weighted by molar-refractivity contribution is -0.128. The molecule has 1 amide bonds. The summed E-state index contributed by atoms with van der Waals surface area (Å²) in [6.45, 7) is 2.50. The van der Waals surface area contributed by atoms with Crippen molar-refractivity contribution in [2.24, 2.45) is 0 Å². The Morgan fingerprint density at radius 3 is 2.81 bits per heavy atom. The highest BCUT2D eigenvalue weighted by atomic mass is 79.9. The maximum absolute atomic E-state index is 12.2. The van der Waals surface area contributed by atoms with E-state index < -0.39 is 6.10 Å². The smallest absolute Gasteiger partial charge is 0.260 e. The molecular formula is C16H23BrN2O2. The monoisotopic (exact) mass is 354 g/mol. The highest BCUT2D eigenvalue weighted by molar-refractivity contribution is 9.10. The molecule has 0 aromatic heterocycles. The van der Waals surface area contributed by atoms with Crippen molar-refractivity contribution >= 4 is 21.8 Å². The first kappa shape index (κ1) is 16.3. The van der Waals surface area contributed by atoms with Crippen molar-refractivity contribution in [3.05, 3.63) is 28.2 Å². The third-order valence-electron chi connectivity index (χ3n) is 3.78. The number of nitrogens with one attached hydrogen (secondary N) is 2. The largest absolute Gasteiger partial charge is 0.479 e. The quantitative estimate of drug-likeness (QED) is 0.825. The van der Waals surface area contributed by atoms with Crippen LogP contribution in [0.15, 0.2) is 22.7 Å². The van der Waals surface area contributed by atoms with E-state index in [1.54, 1.807) is 6.92 Å². The van der Waals surface area contributed by atoms with Crippen molar-refractivity contribution in [2.75, 3.05) is 7.05 Å². The molecule has 0 heterocycles. The lowest BCUT2D eigenvalue weighted by Crippen LogP contribution is -2.41. The van der Waals surface area contributed by atoms with E-state index in [0.717, 1.165) is 28.6 Å². The van der Waals surface area contributed by atoms with E-state index in [0.29, 0.717) is 12.6 Å². The minimum Gasteiger partial charge on any atom is -0.479 e. The van der Waals surface area contributed by atoms with Crippen molar-refractivity contribution in [3.63, 3.8) is 0 Å². The fourth-order valence-corrected chi connectivity index (χ4v) is 3.13. The molecular weight excluding hydrogens is 332 g/mol. The second kappa shape index (κ2) is 7.80. The van der Waals surface area contributed by atoms with Gasteiger partial charge in [-0.1, -0.05) is 25.0 Å². The molecule has 1 aliphatic rings. The van der Waals surface area contributed by atoms with Gasteiger partial charge >= 0.3 is 0 Å². The van der Waals surface area contributed by atoms with E-state index in [1.807, 2.05) is 25.2 Å². The van der Waals surface area contributed by atoms with Gasteiger partial charge in [0.05, 0.1) is 4.47 Å². The minimum absolute atomic E-state index is 0.0342. The summed E-state index contributed by atoms with van der Waals surface area (Å²) in [5.74, 6) is 0.703. The highest BCUT2D eigenvalue weighted by Gasteiger charge is 2.22. The van der Waals surface area contributed by atoms with Crippen LogP contribution in [0.4, 0.5) is 0 Å². The van der Waals surface area contributed by atoms with Gasteiger partial charge in [-0.25, -0.2) is 0 Å². The molecule has 0 bridgehead atoms. The van der Waals surface area contributed by atoms with E-state index in [1.165, 1.54) is 12.8 Å². The number of amides is 1. The van der Waals surface area contributed by atoms with Gasteiger partial charge in [0.15, 0.2) is 6.10 Å². The van der Waals surface area contributed by atoms with Gasteiger partial charge in [0.2, 0.25) is 0 Å². The van der Waals surface area contributed by atoms with Gasteiger partial charge < -0.3 is 15.4 Å². The molecule has 1 aromatic rings. The molecule has 0 radical (unpaired) electrons. The summed E-state index contributed by atoms with van der Waals surface area (Å²) in [6.07, 6.45) is 4.07. The van der Waals surface area contributed by atoms with Crippen LogP contribution in [0.25, 0.3) is 0 Å². The van der Waals surface area contributed by atoms with Gasteiger partial charge in [0, 0.05) is 18.2 Å². The number of hydrogen-bond acceptors (Lipinski definition) is 3. The summed E-state index contributed by atoms with van der Waals surface area (Å²) in [5, 5.41) is 6.19. The number of ether oxygens (including phenoxy) is 1. The molecule has 0 saturated heterocycles. The lowest BCUT2D eigenvalue weighted by Gasteiger charge is -2.20. The number of halogens is 1. The Balaban J connectivity index is 2.01. The van der Waals surface area contributed by atoms with Crippen LogP contribution in [0.5, 0.6) is 5.75 Å². The number of hydrogen-bond donors (Lipinski definition) is 2. The third-order valence-corrected chi connectivity index (χ3v) is 4.41. The molecule has 0 spiro atoms.